The molecule has 0 atom stereocenters. The van der Waals surface area contributed by atoms with Gasteiger partial charge in [-0.05, 0) is 44.7 Å². The van der Waals surface area contributed by atoms with Crippen LogP contribution >= 0.6 is 11.8 Å². The fourth-order valence-corrected chi connectivity index (χ4v) is 1.50. The minimum Gasteiger partial charge on any atom is -0.460 e. The van der Waals surface area contributed by atoms with Crippen LogP contribution in [0.4, 0.5) is 0 Å². The number of carbonyl (C=O) groups is 1. The largest absolute Gasteiger partial charge is 0.460 e. The van der Waals surface area contributed by atoms with Gasteiger partial charge in [-0.3, -0.25) is 4.79 Å². The van der Waals surface area contributed by atoms with Crippen LogP contribution < -0.4 is 0 Å². The van der Waals surface area contributed by atoms with Crippen LogP contribution in [-0.2, 0) is 16.1 Å². The zero-order valence-corrected chi connectivity index (χ0v) is 11.1. The SMILES string of the molecule is CSc1ccc(COC(=O)C(C)(C)C)cc1. The molecule has 3 heteroatoms. The molecule has 0 spiro atoms. The summed E-state index contributed by atoms with van der Waals surface area (Å²) in [6, 6.07) is 8.04. The normalized spacial score (nSPS) is 11.2. The van der Waals surface area contributed by atoms with E-state index in [-0.39, 0.29) is 5.97 Å². The predicted octanol–water partition coefficient (Wildman–Crippen LogP) is 3.50. The molecule has 16 heavy (non-hydrogen) atoms. The smallest absolute Gasteiger partial charge is 0.311 e. The molecular formula is C13H18O2S. The summed E-state index contributed by atoms with van der Waals surface area (Å²) in [5.74, 6) is -0.165. The standard InChI is InChI=1S/C13H18O2S/c1-13(2,3)12(14)15-9-10-5-7-11(16-4)8-6-10/h5-8H,9H2,1-4H3. The van der Waals surface area contributed by atoms with Crippen LogP contribution in [0.5, 0.6) is 0 Å². The molecule has 1 aromatic carbocycles. The summed E-state index contributed by atoms with van der Waals surface area (Å²) in [6.07, 6.45) is 2.04. The van der Waals surface area contributed by atoms with E-state index in [0.717, 1.165) is 5.56 Å². The van der Waals surface area contributed by atoms with Crippen molar-refractivity contribution in [2.75, 3.05) is 6.26 Å². The Morgan fingerprint density at radius 1 is 1.25 bits per heavy atom. The van der Waals surface area contributed by atoms with Crippen LogP contribution in [0.15, 0.2) is 29.2 Å². The van der Waals surface area contributed by atoms with Crippen molar-refractivity contribution in [1.29, 1.82) is 0 Å². The van der Waals surface area contributed by atoms with Crippen molar-refractivity contribution in [3.63, 3.8) is 0 Å². The lowest BCUT2D eigenvalue weighted by molar-refractivity contribution is -0.154. The average molecular weight is 238 g/mol. The highest BCUT2D eigenvalue weighted by atomic mass is 32.2. The number of ether oxygens (including phenoxy) is 1. The van der Waals surface area contributed by atoms with Gasteiger partial charge in [-0.1, -0.05) is 12.1 Å². The molecule has 0 N–H and O–H groups in total. The van der Waals surface area contributed by atoms with Gasteiger partial charge in [0.2, 0.25) is 0 Å². The Labute approximate surface area is 101 Å². The molecule has 2 nitrogen and oxygen atoms in total. The van der Waals surface area contributed by atoms with Crippen molar-refractivity contribution in [2.24, 2.45) is 5.41 Å². The topological polar surface area (TPSA) is 26.3 Å². The third-order valence-corrected chi connectivity index (χ3v) is 2.88. The maximum atomic E-state index is 11.5. The first-order valence-electron chi connectivity index (χ1n) is 5.23. The first-order chi connectivity index (χ1) is 7.43. The monoisotopic (exact) mass is 238 g/mol. The molecule has 0 saturated carbocycles. The van der Waals surface area contributed by atoms with Crippen molar-refractivity contribution in [3.05, 3.63) is 29.8 Å². The summed E-state index contributed by atoms with van der Waals surface area (Å²) in [7, 11) is 0. The summed E-state index contributed by atoms with van der Waals surface area (Å²) >= 11 is 1.70. The highest BCUT2D eigenvalue weighted by Gasteiger charge is 2.22. The van der Waals surface area contributed by atoms with Gasteiger partial charge in [0.05, 0.1) is 5.41 Å². The second kappa shape index (κ2) is 5.39. The molecule has 0 aliphatic rings. The van der Waals surface area contributed by atoms with Gasteiger partial charge in [-0.15, -0.1) is 11.8 Å². The minimum absolute atomic E-state index is 0.165. The first-order valence-corrected chi connectivity index (χ1v) is 6.46. The van der Waals surface area contributed by atoms with Gasteiger partial charge in [0.25, 0.3) is 0 Å². The maximum absolute atomic E-state index is 11.5. The van der Waals surface area contributed by atoms with Crippen molar-refractivity contribution < 1.29 is 9.53 Å². The van der Waals surface area contributed by atoms with E-state index < -0.39 is 5.41 Å². The van der Waals surface area contributed by atoms with E-state index in [9.17, 15) is 4.79 Å². The lowest BCUT2D eigenvalue weighted by Gasteiger charge is -2.16. The zero-order chi connectivity index (χ0) is 12.2. The number of thioether (sulfide) groups is 1. The van der Waals surface area contributed by atoms with Crippen LogP contribution in [-0.4, -0.2) is 12.2 Å². The Morgan fingerprint density at radius 2 is 1.81 bits per heavy atom. The van der Waals surface area contributed by atoms with Crippen LogP contribution in [0.2, 0.25) is 0 Å². The summed E-state index contributed by atoms with van der Waals surface area (Å²) in [6.45, 7) is 5.91. The van der Waals surface area contributed by atoms with Crippen LogP contribution in [0.25, 0.3) is 0 Å². The van der Waals surface area contributed by atoms with Gasteiger partial charge >= 0.3 is 5.97 Å². The molecule has 0 bridgehead atoms. The number of rotatable bonds is 3. The molecule has 0 radical (unpaired) electrons. The summed E-state index contributed by atoms with van der Waals surface area (Å²) in [5, 5.41) is 0. The predicted molar refractivity (Wildman–Crippen MR) is 67.5 cm³/mol. The molecule has 0 heterocycles. The molecule has 0 saturated heterocycles. The van der Waals surface area contributed by atoms with E-state index in [0.29, 0.717) is 6.61 Å². The van der Waals surface area contributed by atoms with Crippen molar-refractivity contribution in [2.45, 2.75) is 32.3 Å². The van der Waals surface area contributed by atoms with Crippen molar-refractivity contribution >= 4 is 17.7 Å². The lowest BCUT2D eigenvalue weighted by atomic mass is 9.97. The Kier molecular flexibility index (Phi) is 4.42. The number of carbonyl (C=O) groups excluding carboxylic acids is 1. The summed E-state index contributed by atoms with van der Waals surface area (Å²) < 4.78 is 5.22. The second-order valence-electron chi connectivity index (χ2n) is 4.67. The lowest BCUT2D eigenvalue weighted by Crippen LogP contribution is -2.22. The van der Waals surface area contributed by atoms with E-state index >= 15 is 0 Å². The Morgan fingerprint density at radius 3 is 2.25 bits per heavy atom. The highest BCUT2D eigenvalue weighted by Crippen LogP contribution is 2.18. The average Bonchev–Trinajstić information content (AvgIpc) is 2.25. The summed E-state index contributed by atoms with van der Waals surface area (Å²) in [5.41, 5.74) is 0.592. The molecule has 1 aromatic rings. The fraction of sp³-hybridized carbons (Fsp3) is 0.462. The third kappa shape index (κ3) is 3.89. The van der Waals surface area contributed by atoms with Gasteiger partial charge in [0.15, 0.2) is 0 Å². The number of benzene rings is 1. The molecule has 1 rings (SSSR count). The minimum atomic E-state index is -0.431. The number of esters is 1. The molecule has 0 aliphatic heterocycles. The van der Waals surface area contributed by atoms with Gasteiger partial charge in [-0.25, -0.2) is 0 Å². The van der Waals surface area contributed by atoms with Crippen LogP contribution in [0, 0.1) is 5.41 Å². The molecular weight excluding hydrogens is 220 g/mol. The third-order valence-electron chi connectivity index (χ3n) is 2.14. The van der Waals surface area contributed by atoms with Crippen LogP contribution in [0.1, 0.15) is 26.3 Å². The quantitative estimate of drug-likeness (QED) is 0.595. The second-order valence-corrected chi connectivity index (χ2v) is 5.55. The zero-order valence-electron chi connectivity index (χ0n) is 10.2. The summed E-state index contributed by atoms with van der Waals surface area (Å²) in [4.78, 5) is 12.7. The van der Waals surface area contributed by atoms with E-state index in [1.807, 2.05) is 51.3 Å². The van der Waals surface area contributed by atoms with Gasteiger partial charge < -0.3 is 4.74 Å². The fourth-order valence-electron chi connectivity index (χ4n) is 1.09. The maximum Gasteiger partial charge on any atom is 0.311 e. The molecule has 0 fully saturated rings. The molecule has 0 aliphatic carbocycles. The number of hydrogen-bond acceptors (Lipinski definition) is 3. The van der Waals surface area contributed by atoms with E-state index in [1.54, 1.807) is 11.8 Å². The van der Waals surface area contributed by atoms with Crippen LogP contribution in [0.3, 0.4) is 0 Å². The Bertz CT molecular complexity index is 349. The van der Waals surface area contributed by atoms with Crippen molar-refractivity contribution in [3.8, 4) is 0 Å². The van der Waals surface area contributed by atoms with Gasteiger partial charge in [0, 0.05) is 4.90 Å². The van der Waals surface area contributed by atoms with Gasteiger partial charge in [-0.2, -0.15) is 0 Å². The molecule has 0 unspecified atom stereocenters. The van der Waals surface area contributed by atoms with E-state index in [4.69, 9.17) is 4.74 Å². The molecule has 0 aromatic heterocycles. The highest BCUT2D eigenvalue weighted by molar-refractivity contribution is 7.98. The van der Waals surface area contributed by atoms with Gasteiger partial charge in [0.1, 0.15) is 6.61 Å². The molecule has 0 amide bonds. The Hall–Kier alpha value is -0.960. The van der Waals surface area contributed by atoms with E-state index in [1.165, 1.54) is 4.90 Å². The van der Waals surface area contributed by atoms with E-state index in [2.05, 4.69) is 0 Å². The van der Waals surface area contributed by atoms with Crippen molar-refractivity contribution in [1.82, 2.24) is 0 Å². The Balaban J connectivity index is 2.52. The number of hydrogen-bond donors (Lipinski definition) is 0. The molecule has 88 valence electrons. The first kappa shape index (κ1) is 13.1.